The highest BCUT2D eigenvalue weighted by Crippen LogP contribution is 2.12. The van der Waals surface area contributed by atoms with E-state index >= 15 is 0 Å². The second kappa shape index (κ2) is 5.16. The van der Waals surface area contributed by atoms with Crippen molar-refractivity contribution in [3.05, 3.63) is 17.0 Å². The van der Waals surface area contributed by atoms with Gasteiger partial charge in [-0.05, 0) is 13.8 Å². The lowest BCUT2D eigenvalue weighted by Gasteiger charge is -2.11. The van der Waals surface area contributed by atoms with Gasteiger partial charge in [-0.3, -0.25) is 4.79 Å². The molecule has 1 rings (SSSR count). The second-order valence-electron chi connectivity index (χ2n) is 3.47. The number of nitrogens with zero attached hydrogens (tertiary/aromatic N) is 1. The molecule has 6 nitrogen and oxygen atoms in total. The Morgan fingerprint density at radius 3 is 2.65 bits per heavy atom. The van der Waals surface area contributed by atoms with Crippen LogP contribution in [0.1, 0.15) is 28.2 Å². The molecule has 1 aromatic rings. The molecule has 0 aliphatic carbocycles. The number of carboxylic acids is 1. The molecule has 17 heavy (non-hydrogen) atoms. The van der Waals surface area contributed by atoms with Crippen molar-refractivity contribution in [2.24, 2.45) is 0 Å². The topological polar surface area (TPSA) is 92.4 Å². The average molecular weight is 236 g/mol. The summed E-state index contributed by atoms with van der Waals surface area (Å²) < 4.78 is 4.82. The number of carboxylic acid groups (broad SMARTS) is 1. The van der Waals surface area contributed by atoms with Gasteiger partial charge in [-0.15, -0.1) is 12.3 Å². The number of hydrogen-bond donors (Lipinski definition) is 2. The van der Waals surface area contributed by atoms with Crippen LogP contribution in [0.15, 0.2) is 4.52 Å². The maximum atomic E-state index is 11.8. The normalized spacial score (nSPS) is 11.6. The van der Waals surface area contributed by atoms with E-state index in [0.29, 0.717) is 11.5 Å². The lowest BCUT2D eigenvalue weighted by molar-refractivity contribution is -0.139. The summed E-state index contributed by atoms with van der Waals surface area (Å²) in [6.07, 6.45) is 4.95. The molecular formula is C11H12N2O4. The van der Waals surface area contributed by atoms with E-state index in [4.69, 9.17) is 16.1 Å². The molecule has 0 bridgehead atoms. The largest absolute Gasteiger partial charge is 0.480 e. The quantitative estimate of drug-likeness (QED) is 0.742. The molecule has 0 aromatic carbocycles. The maximum Gasteiger partial charge on any atom is 0.327 e. The SMILES string of the molecule is C#CCC(NC(=O)c1c(C)noc1C)C(=O)O. The summed E-state index contributed by atoms with van der Waals surface area (Å²) in [5.41, 5.74) is 0.651. The summed E-state index contributed by atoms with van der Waals surface area (Å²) in [6, 6.07) is -1.11. The second-order valence-corrected chi connectivity index (χ2v) is 3.47. The van der Waals surface area contributed by atoms with E-state index in [9.17, 15) is 9.59 Å². The predicted molar refractivity (Wildman–Crippen MR) is 58.3 cm³/mol. The smallest absolute Gasteiger partial charge is 0.327 e. The zero-order valence-corrected chi connectivity index (χ0v) is 9.48. The van der Waals surface area contributed by atoms with Crippen molar-refractivity contribution in [2.45, 2.75) is 26.3 Å². The zero-order valence-electron chi connectivity index (χ0n) is 9.48. The van der Waals surface area contributed by atoms with Crippen molar-refractivity contribution in [1.29, 1.82) is 0 Å². The molecule has 2 N–H and O–H groups in total. The summed E-state index contributed by atoms with van der Waals surface area (Å²) >= 11 is 0. The number of aromatic nitrogens is 1. The van der Waals surface area contributed by atoms with Crippen molar-refractivity contribution in [2.75, 3.05) is 0 Å². The van der Waals surface area contributed by atoms with Crippen LogP contribution in [0.5, 0.6) is 0 Å². The molecular weight excluding hydrogens is 224 g/mol. The minimum absolute atomic E-state index is 0.0789. The number of aryl methyl sites for hydroxylation is 2. The van der Waals surface area contributed by atoms with Crippen molar-refractivity contribution in [3.63, 3.8) is 0 Å². The third-order valence-corrected chi connectivity index (χ3v) is 2.19. The zero-order chi connectivity index (χ0) is 13.0. The minimum atomic E-state index is -1.18. The van der Waals surface area contributed by atoms with Crippen LogP contribution >= 0.6 is 0 Å². The van der Waals surface area contributed by atoms with Crippen molar-refractivity contribution in [3.8, 4) is 12.3 Å². The van der Waals surface area contributed by atoms with E-state index in [2.05, 4.69) is 16.4 Å². The van der Waals surface area contributed by atoms with Crippen molar-refractivity contribution < 1.29 is 19.2 Å². The molecule has 1 atom stereocenters. The van der Waals surface area contributed by atoms with Gasteiger partial charge in [0.25, 0.3) is 5.91 Å². The lowest BCUT2D eigenvalue weighted by atomic mass is 10.1. The van der Waals surface area contributed by atoms with Crippen LogP contribution in [0, 0.1) is 26.2 Å². The Hall–Kier alpha value is -2.29. The standard InChI is InChI=1S/C11H12N2O4/c1-4-5-8(11(15)16)12-10(14)9-6(2)13-17-7(9)3/h1,8H,5H2,2-3H3,(H,12,14)(H,15,16). The van der Waals surface area contributed by atoms with Crippen LogP contribution in [0.4, 0.5) is 0 Å². The van der Waals surface area contributed by atoms with Crippen molar-refractivity contribution >= 4 is 11.9 Å². The molecule has 0 spiro atoms. The first-order valence-electron chi connectivity index (χ1n) is 4.87. The fraction of sp³-hybridized carbons (Fsp3) is 0.364. The molecule has 1 unspecified atom stereocenters. The number of carbonyl (C=O) groups excluding carboxylic acids is 1. The van der Waals surface area contributed by atoms with Gasteiger partial charge in [0.2, 0.25) is 0 Å². The van der Waals surface area contributed by atoms with Gasteiger partial charge in [-0.25, -0.2) is 4.79 Å². The molecule has 0 saturated heterocycles. The van der Waals surface area contributed by atoms with Crippen LogP contribution in [0.25, 0.3) is 0 Å². The van der Waals surface area contributed by atoms with Crippen LogP contribution in [0.2, 0.25) is 0 Å². The number of rotatable bonds is 4. The minimum Gasteiger partial charge on any atom is -0.480 e. The number of amides is 1. The van der Waals surface area contributed by atoms with Gasteiger partial charge in [0, 0.05) is 6.42 Å². The predicted octanol–water partition coefficient (Wildman–Crippen LogP) is 0.498. The van der Waals surface area contributed by atoms with E-state index in [1.54, 1.807) is 13.8 Å². The highest BCUT2D eigenvalue weighted by molar-refractivity contribution is 5.98. The third kappa shape index (κ3) is 2.84. The highest BCUT2D eigenvalue weighted by Gasteiger charge is 2.23. The summed E-state index contributed by atoms with van der Waals surface area (Å²) in [4.78, 5) is 22.6. The first kappa shape index (κ1) is 12.8. The molecule has 0 aliphatic heterocycles. The van der Waals surface area contributed by atoms with Gasteiger partial charge in [0.05, 0.1) is 5.69 Å². The van der Waals surface area contributed by atoms with Crippen LogP contribution < -0.4 is 5.32 Å². The summed E-state index contributed by atoms with van der Waals surface area (Å²) in [7, 11) is 0. The Morgan fingerprint density at radius 1 is 1.59 bits per heavy atom. The van der Waals surface area contributed by atoms with E-state index < -0.39 is 17.9 Å². The first-order valence-corrected chi connectivity index (χ1v) is 4.87. The Morgan fingerprint density at radius 2 is 2.24 bits per heavy atom. The molecule has 6 heteroatoms. The monoisotopic (exact) mass is 236 g/mol. The van der Waals surface area contributed by atoms with Gasteiger partial charge in [0.1, 0.15) is 17.4 Å². The summed E-state index contributed by atoms with van der Waals surface area (Å²) in [5, 5.41) is 14.8. The molecule has 1 amide bonds. The van der Waals surface area contributed by atoms with Crippen LogP contribution in [-0.2, 0) is 4.79 Å². The highest BCUT2D eigenvalue weighted by atomic mass is 16.5. The van der Waals surface area contributed by atoms with Crippen LogP contribution in [-0.4, -0.2) is 28.2 Å². The lowest BCUT2D eigenvalue weighted by Crippen LogP contribution is -2.40. The average Bonchev–Trinajstić information content (AvgIpc) is 2.57. The number of aliphatic carboxylic acids is 1. The van der Waals surface area contributed by atoms with Gasteiger partial charge < -0.3 is 14.9 Å². The fourth-order valence-corrected chi connectivity index (χ4v) is 1.36. The van der Waals surface area contributed by atoms with E-state index in [-0.39, 0.29) is 12.0 Å². The van der Waals surface area contributed by atoms with Gasteiger partial charge in [-0.2, -0.15) is 0 Å². The Bertz CT molecular complexity index is 465. The third-order valence-electron chi connectivity index (χ3n) is 2.19. The Labute approximate surface area is 98.0 Å². The molecule has 1 aromatic heterocycles. The molecule has 0 saturated carbocycles. The number of carbonyl (C=O) groups is 2. The van der Waals surface area contributed by atoms with E-state index in [0.717, 1.165) is 0 Å². The number of nitrogens with one attached hydrogen (secondary N) is 1. The summed E-state index contributed by atoms with van der Waals surface area (Å²) in [5.74, 6) is 0.803. The van der Waals surface area contributed by atoms with Crippen LogP contribution in [0.3, 0.4) is 0 Å². The van der Waals surface area contributed by atoms with Gasteiger partial charge >= 0.3 is 5.97 Å². The first-order chi connectivity index (χ1) is 7.97. The molecule has 0 radical (unpaired) electrons. The Kier molecular flexibility index (Phi) is 3.88. The van der Waals surface area contributed by atoms with E-state index in [1.807, 2.05) is 0 Å². The van der Waals surface area contributed by atoms with E-state index in [1.165, 1.54) is 0 Å². The molecule has 1 heterocycles. The molecule has 0 aliphatic rings. The number of terminal acetylenes is 1. The number of hydrogen-bond acceptors (Lipinski definition) is 4. The fourth-order valence-electron chi connectivity index (χ4n) is 1.36. The molecule has 0 fully saturated rings. The van der Waals surface area contributed by atoms with Gasteiger partial charge in [-0.1, -0.05) is 5.16 Å². The van der Waals surface area contributed by atoms with Crippen molar-refractivity contribution in [1.82, 2.24) is 10.5 Å². The van der Waals surface area contributed by atoms with Gasteiger partial charge in [0.15, 0.2) is 0 Å². The summed E-state index contributed by atoms with van der Waals surface area (Å²) in [6.45, 7) is 3.17. The molecule has 90 valence electrons. The maximum absolute atomic E-state index is 11.8. The Balaban J connectivity index is 2.85.